The maximum absolute atomic E-state index is 10.4. The summed E-state index contributed by atoms with van der Waals surface area (Å²) in [5.41, 5.74) is 1.63. The smallest absolute Gasteiger partial charge is 0.258 e. The number of nitrogens with zero attached hydrogens (tertiary/aromatic N) is 1. The minimum Gasteiger partial charge on any atom is -0.258 e. The SMILES string of the molecule is CC(C)(C)CCc1ccc([N+](=O)[O-])cc1. The number of hydrogen-bond acceptors (Lipinski definition) is 2. The molecule has 0 aliphatic rings. The first-order valence-electron chi connectivity index (χ1n) is 5.12. The van der Waals surface area contributed by atoms with Crippen LogP contribution in [0.15, 0.2) is 24.3 Å². The number of benzene rings is 1. The van der Waals surface area contributed by atoms with E-state index in [1.807, 2.05) is 12.1 Å². The van der Waals surface area contributed by atoms with Crippen molar-refractivity contribution in [1.29, 1.82) is 0 Å². The first-order valence-corrected chi connectivity index (χ1v) is 5.12. The van der Waals surface area contributed by atoms with E-state index in [2.05, 4.69) is 20.8 Å². The van der Waals surface area contributed by atoms with Gasteiger partial charge in [-0.05, 0) is 23.8 Å². The van der Waals surface area contributed by atoms with Crippen molar-refractivity contribution >= 4 is 5.69 Å². The van der Waals surface area contributed by atoms with Crippen LogP contribution in [0.25, 0.3) is 0 Å². The Morgan fingerprint density at radius 1 is 1.20 bits per heavy atom. The van der Waals surface area contributed by atoms with Crippen LogP contribution >= 0.6 is 0 Å². The summed E-state index contributed by atoms with van der Waals surface area (Å²) in [6.45, 7) is 6.58. The molecule has 0 saturated carbocycles. The topological polar surface area (TPSA) is 43.1 Å². The second kappa shape index (κ2) is 4.43. The number of nitro groups is 1. The molecule has 0 amide bonds. The monoisotopic (exact) mass is 207 g/mol. The largest absolute Gasteiger partial charge is 0.269 e. The Morgan fingerprint density at radius 2 is 1.73 bits per heavy atom. The molecule has 3 nitrogen and oxygen atoms in total. The molecule has 0 N–H and O–H groups in total. The minimum atomic E-state index is -0.368. The quantitative estimate of drug-likeness (QED) is 0.561. The lowest BCUT2D eigenvalue weighted by Gasteiger charge is -2.17. The van der Waals surface area contributed by atoms with Crippen molar-refractivity contribution in [2.75, 3.05) is 0 Å². The van der Waals surface area contributed by atoms with Crippen molar-refractivity contribution in [3.63, 3.8) is 0 Å². The summed E-state index contributed by atoms with van der Waals surface area (Å²) < 4.78 is 0. The van der Waals surface area contributed by atoms with Gasteiger partial charge in [-0.3, -0.25) is 10.1 Å². The molecule has 0 heterocycles. The predicted octanol–water partition coefficient (Wildman–Crippen LogP) is 3.57. The molecule has 0 spiro atoms. The first kappa shape index (κ1) is 11.7. The van der Waals surface area contributed by atoms with E-state index in [1.165, 1.54) is 0 Å². The third-order valence-corrected chi connectivity index (χ3v) is 2.31. The normalized spacial score (nSPS) is 11.4. The summed E-state index contributed by atoms with van der Waals surface area (Å²) in [6, 6.07) is 6.81. The summed E-state index contributed by atoms with van der Waals surface area (Å²) in [6.07, 6.45) is 2.06. The van der Waals surface area contributed by atoms with Gasteiger partial charge in [0.15, 0.2) is 0 Å². The predicted molar refractivity (Wildman–Crippen MR) is 60.9 cm³/mol. The van der Waals surface area contributed by atoms with E-state index in [0.717, 1.165) is 18.4 Å². The van der Waals surface area contributed by atoms with Crippen LogP contribution in [0.4, 0.5) is 5.69 Å². The molecular formula is C12H17NO2. The lowest BCUT2D eigenvalue weighted by atomic mass is 9.89. The summed E-state index contributed by atoms with van der Waals surface area (Å²) in [7, 11) is 0. The van der Waals surface area contributed by atoms with Crippen molar-refractivity contribution in [1.82, 2.24) is 0 Å². The van der Waals surface area contributed by atoms with Gasteiger partial charge in [0.1, 0.15) is 0 Å². The molecule has 0 aliphatic carbocycles. The van der Waals surface area contributed by atoms with Gasteiger partial charge < -0.3 is 0 Å². The van der Waals surface area contributed by atoms with Crippen LogP contribution in [0.2, 0.25) is 0 Å². The van der Waals surface area contributed by atoms with Crippen LogP contribution in [-0.2, 0) is 6.42 Å². The number of nitro benzene ring substituents is 1. The van der Waals surface area contributed by atoms with Crippen molar-refractivity contribution in [2.24, 2.45) is 5.41 Å². The molecule has 82 valence electrons. The maximum Gasteiger partial charge on any atom is 0.269 e. The molecule has 0 radical (unpaired) electrons. The third-order valence-electron chi connectivity index (χ3n) is 2.31. The molecule has 0 saturated heterocycles. The van der Waals surface area contributed by atoms with Crippen molar-refractivity contribution in [3.8, 4) is 0 Å². The van der Waals surface area contributed by atoms with Gasteiger partial charge in [-0.2, -0.15) is 0 Å². The Bertz CT molecular complexity index is 336. The molecule has 3 heteroatoms. The zero-order chi connectivity index (χ0) is 11.5. The van der Waals surface area contributed by atoms with Gasteiger partial charge in [0.05, 0.1) is 4.92 Å². The van der Waals surface area contributed by atoms with Crippen LogP contribution in [0.1, 0.15) is 32.8 Å². The third kappa shape index (κ3) is 4.11. The highest BCUT2D eigenvalue weighted by Crippen LogP contribution is 2.22. The molecule has 0 unspecified atom stereocenters. The fourth-order valence-electron chi connectivity index (χ4n) is 1.30. The van der Waals surface area contributed by atoms with Crippen LogP contribution in [0.5, 0.6) is 0 Å². The van der Waals surface area contributed by atoms with E-state index in [9.17, 15) is 10.1 Å². The molecule has 1 aromatic carbocycles. The highest BCUT2D eigenvalue weighted by Gasteiger charge is 2.10. The van der Waals surface area contributed by atoms with E-state index in [1.54, 1.807) is 12.1 Å². The average Bonchev–Trinajstić information content (AvgIpc) is 2.14. The van der Waals surface area contributed by atoms with Gasteiger partial charge in [-0.25, -0.2) is 0 Å². The molecule has 0 bridgehead atoms. The molecule has 0 atom stereocenters. The van der Waals surface area contributed by atoms with Gasteiger partial charge in [0, 0.05) is 12.1 Å². The van der Waals surface area contributed by atoms with Crippen molar-refractivity contribution in [3.05, 3.63) is 39.9 Å². The second-order valence-corrected chi connectivity index (χ2v) is 4.98. The summed E-state index contributed by atoms with van der Waals surface area (Å²) >= 11 is 0. The lowest BCUT2D eigenvalue weighted by Crippen LogP contribution is -2.06. The molecule has 0 fully saturated rings. The molecular weight excluding hydrogens is 190 g/mol. The summed E-state index contributed by atoms with van der Waals surface area (Å²) in [5, 5.41) is 10.4. The second-order valence-electron chi connectivity index (χ2n) is 4.98. The number of rotatable bonds is 3. The fraction of sp³-hybridized carbons (Fsp3) is 0.500. The van der Waals surface area contributed by atoms with Crippen LogP contribution in [0, 0.1) is 15.5 Å². The number of non-ortho nitro benzene ring substituents is 1. The van der Waals surface area contributed by atoms with Crippen LogP contribution < -0.4 is 0 Å². The molecule has 1 rings (SSSR count). The average molecular weight is 207 g/mol. The van der Waals surface area contributed by atoms with E-state index in [4.69, 9.17) is 0 Å². The molecule has 0 aliphatic heterocycles. The van der Waals surface area contributed by atoms with Gasteiger partial charge in [0.25, 0.3) is 5.69 Å². The van der Waals surface area contributed by atoms with Crippen LogP contribution in [0.3, 0.4) is 0 Å². The Morgan fingerprint density at radius 3 is 2.13 bits per heavy atom. The number of aryl methyl sites for hydroxylation is 1. The Kier molecular flexibility index (Phi) is 3.45. The van der Waals surface area contributed by atoms with E-state index < -0.39 is 0 Å². The molecule has 1 aromatic rings. The number of hydrogen-bond donors (Lipinski definition) is 0. The fourth-order valence-corrected chi connectivity index (χ4v) is 1.30. The lowest BCUT2D eigenvalue weighted by molar-refractivity contribution is -0.384. The standard InChI is InChI=1S/C12H17NO2/c1-12(2,3)9-8-10-4-6-11(7-5-10)13(14)15/h4-7H,8-9H2,1-3H3. The Balaban J connectivity index is 2.61. The van der Waals surface area contributed by atoms with Gasteiger partial charge in [-0.15, -0.1) is 0 Å². The van der Waals surface area contributed by atoms with Gasteiger partial charge >= 0.3 is 0 Å². The minimum absolute atomic E-state index is 0.162. The summed E-state index contributed by atoms with van der Waals surface area (Å²) in [4.78, 5) is 10.1. The zero-order valence-electron chi connectivity index (χ0n) is 9.49. The summed E-state index contributed by atoms with van der Waals surface area (Å²) in [5.74, 6) is 0. The van der Waals surface area contributed by atoms with Crippen molar-refractivity contribution < 1.29 is 4.92 Å². The molecule has 0 aromatic heterocycles. The maximum atomic E-state index is 10.4. The Labute approximate surface area is 90.3 Å². The Hall–Kier alpha value is -1.38. The van der Waals surface area contributed by atoms with E-state index in [-0.39, 0.29) is 10.6 Å². The van der Waals surface area contributed by atoms with Gasteiger partial charge in [-0.1, -0.05) is 32.9 Å². The molecule has 15 heavy (non-hydrogen) atoms. The van der Waals surface area contributed by atoms with Crippen molar-refractivity contribution in [2.45, 2.75) is 33.6 Å². The highest BCUT2D eigenvalue weighted by molar-refractivity contribution is 5.32. The first-order chi connectivity index (χ1) is 6.88. The highest BCUT2D eigenvalue weighted by atomic mass is 16.6. The van der Waals surface area contributed by atoms with E-state index >= 15 is 0 Å². The van der Waals surface area contributed by atoms with Crippen LogP contribution in [-0.4, -0.2) is 4.92 Å². The zero-order valence-corrected chi connectivity index (χ0v) is 9.49. The van der Waals surface area contributed by atoms with Gasteiger partial charge in [0.2, 0.25) is 0 Å². The van der Waals surface area contributed by atoms with E-state index in [0.29, 0.717) is 5.41 Å².